The van der Waals surface area contributed by atoms with Gasteiger partial charge >= 0.3 is 0 Å². The third-order valence-electron chi connectivity index (χ3n) is 1.43. The zero-order valence-corrected chi connectivity index (χ0v) is 8.50. The van der Waals surface area contributed by atoms with Gasteiger partial charge in [0.2, 0.25) is 3.79 Å². The summed E-state index contributed by atoms with van der Waals surface area (Å²) in [6, 6.07) is 3.67. The Balaban J connectivity index is 3.20. The molecular weight excluding hydrogens is 237 g/mol. The molecule has 13 heavy (non-hydrogen) atoms. The first-order valence-corrected chi connectivity index (χ1v) is 4.40. The van der Waals surface area contributed by atoms with Gasteiger partial charge in [-0.2, -0.15) is 0 Å². The average Bonchev–Trinajstić information content (AvgIpc) is 2.01. The number of benzene rings is 1. The maximum absolute atomic E-state index is 13.1. The highest BCUT2D eigenvalue weighted by molar-refractivity contribution is 6.66. The van der Waals surface area contributed by atoms with Crippen LogP contribution in [0.25, 0.3) is 0 Å². The Morgan fingerprint density at radius 1 is 1.31 bits per heavy atom. The first kappa shape index (κ1) is 10.8. The molecule has 0 bridgehead atoms. The summed E-state index contributed by atoms with van der Waals surface area (Å²) in [6.45, 7) is 0. The number of carbonyl (C=O) groups excluding carboxylic acids is 1. The van der Waals surface area contributed by atoms with Gasteiger partial charge in [0.15, 0.2) is 0 Å². The van der Waals surface area contributed by atoms with Gasteiger partial charge in [0.05, 0.1) is 0 Å². The molecule has 0 radical (unpaired) electrons. The van der Waals surface area contributed by atoms with Gasteiger partial charge in [-0.25, -0.2) is 4.39 Å². The van der Waals surface area contributed by atoms with E-state index in [9.17, 15) is 9.18 Å². The second kappa shape index (κ2) is 3.82. The molecule has 1 aromatic rings. The molecule has 1 rings (SSSR count). The minimum absolute atomic E-state index is 0.0666. The standard InChI is InChI=1S/C8H4Cl3FO/c9-8(10,11)6-2-1-5(4-13)3-7(6)12/h1-4H. The summed E-state index contributed by atoms with van der Waals surface area (Å²) in [5, 5.41) is 0. The van der Waals surface area contributed by atoms with Crippen LogP contribution in [-0.4, -0.2) is 6.29 Å². The van der Waals surface area contributed by atoms with Gasteiger partial charge in [-0.3, -0.25) is 4.79 Å². The largest absolute Gasteiger partial charge is 0.298 e. The third-order valence-corrected chi connectivity index (χ3v) is 2.05. The Bertz CT molecular complexity index is 333. The van der Waals surface area contributed by atoms with Crippen molar-refractivity contribution in [2.75, 3.05) is 0 Å². The normalized spacial score (nSPS) is 11.4. The van der Waals surface area contributed by atoms with Crippen molar-refractivity contribution in [3.05, 3.63) is 35.1 Å². The van der Waals surface area contributed by atoms with Crippen molar-refractivity contribution in [3.63, 3.8) is 0 Å². The molecule has 0 aliphatic rings. The lowest BCUT2D eigenvalue weighted by molar-refractivity contribution is 0.112. The topological polar surface area (TPSA) is 17.1 Å². The van der Waals surface area contributed by atoms with E-state index < -0.39 is 9.61 Å². The monoisotopic (exact) mass is 240 g/mol. The van der Waals surface area contributed by atoms with Crippen LogP contribution in [0.3, 0.4) is 0 Å². The molecule has 5 heteroatoms. The number of hydrogen-bond donors (Lipinski definition) is 0. The Morgan fingerprint density at radius 2 is 1.92 bits per heavy atom. The van der Waals surface area contributed by atoms with E-state index in [-0.39, 0.29) is 11.1 Å². The van der Waals surface area contributed by atoms with E-state index in [0.717, 1.165) is 6.07 Å². The Labute approximate surface area is 89.4 Å². The van der Waals surface area contributed by atoms with Crippen molar-refractivity contribution in [1.29, 1.82) is 0 Å². The molecule has 1 nitrogen and oxygen atoms in total. The molecule has 0 atom stereocenters. The molecule has 0 aromatic heterocycles. The van der Waals surface area contributed by atoms with Crippen LogP contribution in [0.4, 0.5) is 4.39 Å². The molecule has 0 spiro atoms. The van der Waals surface area contributed by atoms with Crippen LogP contribution >= 0.6 is 34.8 Å². The molecule has 0 amide bonds. The van der Waals surface area contributed by atoms with Gasteiger partial charge in [-0.05, 0) is 6.07 Å². The highest BCUT2D eigenvalue weighted by atomic mass is 35.6. The second-order valence-corrected chi connectivity index (χ2v) is 4.64. The third kappa shape index (κ3) is 2.56. The van der Waals surface area contributed by atoms with Crippen molar-refractivity contribution in [3.8, 4) is 0 Å². The zero-order valence-electron chi connectivity index (χ0n) is 6.23. The molecule has 0 N–H and O–H groups in total. The lowest BCUT2D eigenvalue weighted by atomic mass is 10.1. The lowest BCUT2D eigenvalue weighted by Gasteiger charge is -2.11. The fourth-order valence-electron chi connectivity index (χ4n) is 0.835. The summed E-state index contributed by atoms with van der Waals surface area (Å²) in [7, 11) is 0. The summed E-state index contributed by atoms with van der Waals surface area (Å²) < 4.78 is 11.3. The lowest BCUT2D eigenvalue weighted by Crippen LogP contribution is -2.04. The molecule has 0 aliphatic carbocycles. The highest BCUT2D eigenvalue weighted by Crippen LogP contribution is 2.39. The van der Waals surface area contributed by atoms with E-state index in [1.54, 1.807) is 0 Å². The van der Waals surface area contributed by atoms with E-state index in [1.165, 1.54) is 12.1 Å². The van der Waals surface area contributed by atoms with Crippen LogP contribution in [0.5, 0.6) is 0 Å². The smallest absolute Gasteiger partial charge is 0.218 e. The SMILES string of the molecule is O=Cc1ccc(C(Cl)(Cl)Cl)c(F)c1. The van der Waals surface area contributed by atoms with Crippen molar-refractivity contribution < 1.29 is 9.18 Å². The van der Waals surface area contributed by atoms with E-state index in [2.05, 4.69) is 0 Å². The van der Waals surface area contributed by atoms with E-state index in [1.807, 2.05) is 0 Å². The molecule has 0 saturated carbocycles. The van der Waals surface area contributed by atoms with Crippen molar-refractivity contribution >= 4 is 41.1 Å². The van der Waals surface area contributed by atoms with Crippen LogP contribution < -0.4 is 0 Å². The number of alkyl halides is 3. The molecule has 0 unspecified atom stereocenters. The fourth-order valence-corrected chi connectivity index (χ4v) is 1.29. The fraction of sp³-hybridized carbons (Fsp3) is 0.125. The minimum Gasteiger partial charge on any atom is -0.298 e. The molecule has 70 valence electrons. The summed E-state index contributed by atoms with van der Waals surface area (Å²) >= 11 is 16.4. The number of carbonyl (C=O) groups is 1. The Kier molecular flexibility index (Phi) is 3.17. The average molecular weight is 241 g/mol. The van der Waals surface area contributed by atoms with Gasteiger partial charge < -0.3 is 0 Å². The zero-order chi connectivity index (χ0) is 10.1. The van der Waals surface area contributed by atoms with Gasteiger partial charge in [0, 0.05) is 11.1 Å². The van der Waals surface area contributed by atoms with Crippen molar-refractivity contribution in [2.45, 2.75) is 3.79 Å². The molecular formula is C8H4Cl3FO. The predicted octanol–water partition coefficient (Wildman–Crippen LogP) is 3.46. The Hall–Kier alpha value is -0.310. The van der Waals surface area contributed by atoms with Crippen molar-refractivity contribution in [1.82, 2.24) is 0 Å². The first-order chi connectivity index (χ1) is 5.95. The van der Waals surface area contributed by atoms with Crippen LogP contribution in [-0.2, 0) is 3.79 Å². The van der Waals surface area contributed by atoms with E-state index >= 15 is 0 Å². The predicted molar refractivity (Wildman–Crippen MR) is 51.0 cm³/mol. The van der Waals surface area contributed by atoms with E-state index in [4.69, 9.17) is 34.8 Å². The molecule has 0 saturated heterocycles. The molecule has 1 aromatic carbocycles. The number of rotatable bonds is 1. The Morgan fingerprint density at radius 3 is 2.31 bits per heavy atom. The molecule has 0 heterocycles. The van der Waals surface area contributed by atoms with Crippen molar-refractivity contribution in [2.24, 2.45) is 0 Å². The summed E-state index contributed by atoms with van der Waals surface area (Å²) in [5.74, 6) is -0.704. The molecule has 0 aliphatic heterocycles. The van der Waals surface area contributed by atoms with Crippen LogP contribution in [0.15, 0.2) is 18.2 Å². The van der Waals surface area contributed by atoms with Crippen LogP contribution in [0, 0.1) is 5.82 Å². The van der Waals surface area contributed by atoms with Gasteiger partial charge in [0.25, 0.3) is 0 Å². The highest BCUT2D eigenvalue weighted by Gasteiger charge is 2.26. The number of aldehydes is 1. The quantitative estimate of drug-likeness (QED) is 0.543. The second-order valence-electron chi connectivity index (χ2n) is 2.35. The van der Waals surface area contributed by atoms with Crippen LogP contribution in [0.2, 0.25) is 0 Å². The number of halogens is 4. The number of hydrogen-bond acceptors (Lipinski definition) is 1. The van der Waals surface area contributed by atoms with E-state index in [0.29, 0.717) is 6.29 Å². The van der Waals surface area contributed by atoms with Gasteiger partial charge in [-0.1, -0.05) is 46.9 Å². The molecule has 0 fully saturated rings. The van der Waals surface area contributed by atoms with Crippen LogP contribution in [0.1, 0.15) is 15.9 Å². The summed E-state index contributed by atoms with van der Waals surface area (Å²) in [6.07, 6.45) is 0.519. The maximum Gasteiger partial charge on any atom is 0.218 e. The van der Waals surface area contributed by atoms with Gasteiger partial charge in [-0.15, -0.1) is 0 Å². The summed E-state index contributed by atoms with van der Waals surface area (Å²) in [5.41, 5.74) is 0.138. The maximum atomic E-state index is 13.1. The minimum atomic E-state index is -1.80. The summed E-state index contributed by atoms with van der Waals surface area (Å²) in [4.78, 5) is 10.3. The first-order valence-electron chi connectivity index (χ1n) is 3.27. The van der Waals surface area contributed by atoms with Gasteiger partial charge in [0.1, 0.15) is 12.1 Å².